The Morgan fingerprint density at radius 2 is 1.30 bits per heavy atom. The van der Waals surface area contributed by atoms with Gasteiger partial charge in [-0.25, -0.2) is 15.0 Å². The molecule has 1 N–H and O–H groups in total. The third-order valence-electron chi connectivity index (χ3n) is 8.40. The first-order chi connectivity index (χ1) is 22.8. The van der Waals surface area contributed by atoms with Crippen molar-refractivity contribution in [3.05, 3.63) is 162 Å². The van der Waals surface area contributed by atoms with Crippen molar-refractivity contribution in [3.63, 3.8) is 0 Å². The number of fused-ring (bicyclic) bond motifs is 4. The third kappa shape index (κ3) is 4.67. The van der Waals surface area contributed by atoms with Gasteiger partial charge in [0.15, 0.2) is 11.4 Å². The molecule has 46 heavy (non-hydrogen) atoms. The van der Waals surface area contributed by atoms with Crippen LogP contribution in [0.3, 0.4) is 0 Å². The predicted octanol–water partition coefficient (Wildman–Crippen LogP) is 10.0. The van der Waals surface area contributed by atoms with Crippen LogP contribution in [-0.2, 0) is 0 Å². The number of thiophene rings is 1. The zero-order valence-corrected chi connectivity index (χ0v) is 25.4. The van der Waals surface area contributed by atoms with E-state index in [9.17, 15) is 0 Å². The number of amidine groups is 2. The largest absolute Gasteiger partial charge is 0.436 e. The van der Waals surface area contributed by atoms with Crippen LogP contribution in [0.5, 0.6) is 0 Å². The van der Waals surface area contributed by atoms with E-state index in [1.165, 1.54) is 20.2 Å². The second-order valence-electron chi connectivity index (χ2n) is 11.3. The van der Waals surface area contributed by atoms with E-state index in [1.807, 2.05) is 72.0 Å². The summed E-state index contributed by atoms with van der Waals surface area (Å²) in [5.41, 5.74) is 7.67. The Balaban J connectivity index is 1.24. The number of rotatable bonds is 5. The summed E-state index contributed by atoms with van der Waals surface area (Å²) < 4.78 is 8.77. The van der Waals surface area contributed by atoms with Crippen molar-refractivity contribution in [2.75, 3.05) is 0 Å². The molecule has 9 rings (SSSR count). The Morgan fingerprint density at radius 1 is 0.587 bits per heavy atom. The van der Waals surface area contributed by atoms with Gasteiger partial charge in [0.2, 0.25) is 5.89 Å². The fourth-order valence-electron chi connectivity index (χ4n) is 6.14. The normalized spacial score (nSPS) is 14.7. The topological polar surface area (TPSA) is 62.8 Å². The Labute approximate surface area is 269 Å². The highest BCUT2D eigenvalue weighted by molar-refractivity contribution is 7.25. The van der Waals surface area contributed by atoms with Gasteiger partial charge in [-0.1, -0.05) is 109 Å². The first kappa shape index (κ1) is 26.5. The van der Waals surface area contributed by atoms with Gasteiger partial charge in [-0.05, 0) is 47.5 Å². The minimum absolute atomic E-state index is 0.416. The lowest BCUT2D eigenvalue weighted by Crippen LogP contribution is -2.33. The maximum absolute atomic E-state index is 6.22. The summed E-state index contributed by atoms with van der Waals surface area (Å²) in [6.07, 6.45) is -0.416. The van der Waals surface area contributed by atoms with Crippen LogP contribution in [0.25, 0.3) is 53.9 Å². The Bertz CT molecular complexity index is 2430. The van der Waals surface area contributed by atoms with E-state index < -0.39 is 6.17 Å². The first-order valence-electron chi connectivity index (χ1n) is 15.2. The fourth-order valence-corrected chi connectivity index (χ4v) is 7.29. The maximum Gasteiger partial charge on any atom is 0.227 e. The van der Waals surface area contributed by atoms with E-state index in [2.05, 4.69) is 90.2 Å². The molecule has 1 atom stereocenters. The number of para-hydroxylation sites is 2. The predicted molar refractivity (Wildman–Crippen MR) is 190 cm³/mol. The smallest absolute Gasteiger partial charge is 0.227 e. The summed E-state index contributed by atoms with van der Waals surface area (Å²) in [6.45, 7) is 0. The standard InChI is InChI=1S/C40H26N4OS/c1-3-11-25(12-4-1)37-42-38(26-13-5-2-6-14-26)44-39(43-37)32-23-28(40-41-33-16-8-9-17-34(33)45-40)20-21-29(32)27-19-22-31-30-15-7-10-18-35(30)46-36(31)24-27/h1-24,39H,(H,42,43,44). The molecule has 0 aliphatic carbocycles. The zero-order valence-electron chi connectivity index (χ0n) is 24.6. The van der Waals surface area contributed by atoms with Crippen molar-refractivity contribution in [1.29, 1.82) is 0 Å². The molecular weight excluding hydrogens is 585 g/mol. The summed E-state index contributed by atoms with van der Waals surface area (Å²) >= 11 is 1.82. The van der Waals surface area contributed by atoms with Crippen LogP contribution in [0.1, 0.15) is 22.9 Å². The van der Waals surface area contributed by atoms with E-state index in [1.54, 1.807) is 0 Å². The highest BCUT2D eigenvalue weighted by atomic mass is 32.1. The van der Waals surface area contributed by atoms with Crippen LogP contribution < -0.4 is 5.32 Å². The van der Waals surface area contributed by atoms with Crippen LogP contribution in [0.4, 0.5) is 0 Å². The van der Waals surface area contributed by atoms with Crippen molar-refractivity contribution in [3.8, 4) is 22.6 Å². The molecule has 1 aliphatic heterocycles. The number of aromatic nitrogens is 1. The molecular formula is C40H26N4OS. The monoisotopic (exact) mass is 610 g/mol. The lowest BCUT2D eigenvalue weighted by molar-refractivity contribution is 0.619. The van der Waals surface area contributed by atoms with Gasteiger partial charge >= 0.3 is 0 Å². The number of oxazole rings is 1. The number of aliphatic imine (C=N–C) groups is 2. The highest BCUT2D eigenvalue weighted by Crippen LogP contribution is 2.40. The summed E-state index contributed by atoms with van der Waals surface area (Å²) in [5, 5.41) is 6.23. The first-order valence-corrected chi connectivity index (χ1v) is 16.0. The number of hydrogen-bond acceptors (Lipinski definition) is 6. The summed E-state index contributed by atoms with van der Waals surface area (Å²) in [6, 6.07) is 50.0. The molecule has 0 spiro atoms. The third-order valence-corrected chi connectivity index (χ3v) is 9.53. The summed E-state index contributed by atoms with van der Waals surface area (Å²) in [5.74, 6) is 2.04. The number of benzene rings is 6. The van der Waals surface area contributed by atoms with Gasteiger partial charge in [-0.15, -0.1) is 11.3 Å². The van der Waals surface area contributed by atoms with Gasteiger partial charge in [0.05, 0.1) is 0 Å². The van der Waals surface area contributed by atoms with Gasteiger partial charge in [0.1, 0.15) is 17.5 Å². The van der Waals surface area contributed by atoms with Crippen LogP contribution >= 0.6 is 11.3 Å². The van der Waals surface area contributed by atoms with Crippen LogP contribution in [0, 0.1) is 0 Å². The zero-order chi connectivity index (χ0) is 30.5. The molecule has 1 unspecified atom stereocenters. The van der Waals surface area contributed by atoms with Crippen LogP contribution in [0.2, 0.25) is 0 Å². The van der Waals surface area contributed by atoms with E-state index >= 15 is 0 Å². The molecule has 0 amide bonds. The van der Waals surface area contributed by atoms with Gasteiger partial charge in [-0.2, -0.15) is 0 Å². The molecule has 0 saturated carbocycles. The molecule has 0 saturated heterocycles. The molecule has 3 heterocycles. The van der Waals surface area contributed by atoms with Gasteiger partial charge in [0, 0.05) is 42.4 Å². The average Bonchev–Trinajstić information content (AvgIpc) is 3.73. The molecule has 5 nitrogen and oxygen atoms in total. The van der Waals surface area contributed by atoms with Crippen molar-refractivity contribution in [2.45, 2.75) is 6.17 Å². The Kier molecular flexibility index (Phi) is 6.32. The molecule has 6 heteroatoms. The van der Waals surface area contributed by atoms with Crippen molar-refractivity contribution >= 4 is 54.3 Å². The van der Waals surface area contributed by atoms with Crippen LogP contribution in [0.15, 0.2) is 160 Å². The molecule has 8 aromatic rings. The molecule has 2 aromatic heterocycles. The molecule has 1 aliphatic rings. The molecule has 0 fully saturated rings. The second-order valence-corrected chi connectivity index (χ2v) is 12.4. The SMILES string of the molecule is c1ccc(C2=NC(c3cc(-c4nc5ccccc5o4)ccc3-c3ccc4c(c3)sc3ccccc34)NC(c3ccccc3)=N2)cc1. The number of nitrogens with one attached hydrogen (secondary N) is 1. The molecule has 6 aromatic carbocycles. The average molecular weight is 611 g/mol. The van der Waals surface area contributed by atoms with Gasteiger partial charge in [-0.3, -0.25) is 0 Å². The minimum Gasteiger partial charge on any atom is -0.436 e. The molecule has 218 valence electrons. The summed E-state index contributed by atoms with van der Waals surface area (Å²) in [7, 11) is 0. The minimum atomic E-state index is -0.416. The Morgan fingerprint density at radius 3 is 2.15 bits per heavy atom. The van der Waals surface area contributed by atoms with Crippen molar-refractivity contribution in [2.24, 2.45) is 9.98 Å². The van der Waals surface area contributed by atoms with E-state index in [0.29, 0.717) is 11.7 Å². The number of hydrogen-bond donors (Lipinski definition) is 1. The molecule has 0 bridgehead atoms. The van der Waals surface area contributed by atoms with E-state index in [0.717, 1.165) is 50.3 Å². The molecule has 0 radical (unpaired) electrons. The lowest BCUT2D eigenvalue weighted by atomic mass is 9.94. The van der Waals surface area contributed by atoms with Gasteiger partial charge in [0.25, 0.3) is 0 Å². The quantitative estimate of drug-likeness (QED) is 0.211. The number of nitrogens with zero attached hydrogens (tertiary/aromatic N) is 3. The van der Waals surface area contributed by atoms with Crippen LogP contribution in [-0.4, -0.2) is 16.7 Å². The van der Waals surface area contributed by atoms with Gasteiger partial charge < -0.3 is 9.73 Å². The fraction of sp³-hybridized carbons (Fsp3) is 0.0250. The van der Waals surface area contributed by atoms with Crippen molar-refractivity contribution < 1.29 is 4.42 Å². The van der Waals surface area contributed by atoms with E-state index in [4.69, 9.17) is 19.4 Å². The lowest BCUT2D eigenvalue weighted by Gasteiger charge is -2.26. The Hall–Kier alpha value is -5.85. The van der Waals surface area contributed by atoms with Crippen molar-refractivity contribution in [1.82, 2.24) is 10.3 Å². The summed E-state index contributed by atoms with van der Waals surface area (Å²) in [4.78, 5) is 15.0. The maximum atomic E-state index is 6.22. The second kappa shape index (κ2) is 10.9. The highest BCUT2D eigenvalue weighted by Gasteiger charge is 2.25. The van der Waals surface area contributed by atoms with E-state index in [-0.39, 0.29) is 0 Å².